The van der Waals surface area contributed by atoms with Gasteiger partial charge in [0, 0.05) is 17.5 Å². The highest BCUT2D eigenvalue weighted by Gasteiger charge is 2.16. The third-order valence-electron chi connectivity index (χ3n) is 4.04. The Labute approximate surface area is 134 Å². The average Bonchev–Trinajstić information content (AvgIpc) is 2.85. The van der Waals surface area contributed by atoms with E-state index in [1.807, 2.05) is 48.5 Å². The van der Waals surface area contributed by atoms with Crippen LogP contribution in [0.15, 0.2) is 60.7 Å². The van der Waals surface area contributed by atoms with E-state index in [4.69, 9.17) is 9.47 Å². The second-order valence-corrected chi connectivity index (χ2v) is 5.57. The van der Waals surface area contributed by atoms with Gasteiger partial charge >= 0.3 is 0 Å². The van der Waals surface area contributed by atoms with E-state index in [1.54, 1.807) is 12.1 Å². The van der Waals surface area contributed by atoms with Crippen molar-refractivity contribution in [3.8, 4) is 11.5 Å². The molecular weight excluding hydrogens is 288 g/mol. The number of fused-ring (bicyclic) bond motifs is 2. The van der Waals surface area contributed by atoms with Gasteiger partial charge in [-0.3, -0.25) is 4.79 Å². The molecule has 3 heteroatoms. The van der Waals surface area contributed by atoms with Crippen molar-refractivity contribution in [1.82, 2.24) is 0 Å². The van der Waals surface area contributed by atoms with Gasteiger partial charge in [-0.25, -0.2) is 0 Å². The van der Waals surface area contributed by atoms with Crippen molar-refractivity contribution in [3.05, 3.63) is 71.8 Å². The van der Waals surface area contributed by atoms with Gasteiger partial charge in [0.15, 0.2) is 17.3 Å². The zero-order chi connectivity index (χ0) is 15.6. The molecule has 0 saturated carbocycles. The molecule has 0 fully saturated rings. The molecule has 3 nitrogen and oxygen atoms in total. The van der Waals surface area contributed by atoms with Crippen LogP contribution in [0.3, 0.4) is 0 Å². The lowest BCUT2D eigenvalue weighted by Gasteiger charge is -2.10. The summed E-state index contributed by atoms with van der Waals surface area (Å²) in [7, 11) is 0. The summed E-state index contributed by atoms with van der Waals surface area (Å²) in [6, 6.07) is 19.1. The Kier molecular flexibility index (Phi) is 3.46. The fourth-order valence-electron chi connectivity index (χ4n) is 2.88. The molecule has 0 unspecified atom stereocenters. The summed E-state index contributed by atoms with van der Waals surface area (Å²) in [6.45, 7) is 1.25. The average molecular weight is 304 g/mol. The fourth-order valence-corrected chi connectivity index (χ4v) is 2.88. The van der Waals surface area contributed by atoms with Gasteiger partial charge in [0.05, 0.1) is 13.2 Å². The largest absolute Gasteiger partial charge is 0.490 e. The number of hydrogen-bond acceptors (Lipinski definition) is 3. The van der Waals surface area contributed by atoms with Crippen LogP contribution in [-0.2, 0) is 0 Å². The standard InChI is InChI=1S/C20H16O3/c21-20(17-8-3-6-14-5-1-2-7-16(14)17)15-9-10-18-19(13-15)23-12-4-11-22-18/h1-3,5-10,13H,4,11-12H2. The number of ether oxygens (including phenoxy) is 2. The molecular formula is C20H16O3. The lowest BCUT2D eigenvalue weighted by Crippen LogP contribution is -2.03. The molecule has 3 aromatic carbocycles. The summed E-state index contributed by atoms with van der Waals surface area (Å²) in [5.74, 6) is 1.35. The first-order valence-electron chi connectivity index (χ1n) is 7.75. The molecule has 1 heterocycles. The van der Waals surface area contributed by atoms with Gasteiger partial charge in [-0.1, -0.05) is 42.5 Å². The van der Waals surface area contributed by atoms with Crippen LogP contribution in [0, 0.1) is 0 Å². The van der Waals surface area contributed by atoms with Crippen molar-refractivity contribution < 1.29 is 14.3 Å². The molecule has 114 valence electrons. The smallest absolute Gasteiger partial charge is 0.193 e. The summed E-state index contributed by atoms with van der Waals surface area (Å²) in [5, 5.41) is 2.03. The van der Waals surface area contributed by atoms with Gasteiger partial charge in [0.2, 0.25) is 0 Å². The molecule has 0 saturated heterocycles. The minimum Gasteiger partial charge on any atom is -0.490 e. The second kappa shape index (κ2) is 5.76. The van der Waals surface area contributed by atoms with Crippen LogP contribution in [0.5, 0.6) is 11.5 Å². The summed E-state index contributed by atoms with van der Waals surface area (Å²) >= 11 is 0. The van der Waals surface area contributed by atoms with Crippen LogP contribution in [0.2, 0.25) is 0 Å². The molecule has 0 aromatic heterocycles. The van der Waals surface area contributed by atoms with Gasteiger partial charge in [0.25, 0.3) is 0 Å². The van der Waals surface area contributed by atoms with E-state index >= 15 is 0 Å². The van der Waals surface area contributed by atoms with E-state index in [1.165, 1.54) is 0 Å². The van der Waals surface area contributed by atoms with Crippen LogP contribution >= 0.6 is 0 Å². The lowest BCUT2D eigenvalue weighted by atomic mass is 9.97. The van der Waals surface area contributed by atoms with E-state index < -0.39 is 0 Å². The number of carbonyl (C=O) groups excluding carboxylic acids is 1. The second-order valence-electron chi connectivity index (χ2n) is 5.57. The Morgan fingerprint density at radius 3 is 2.52 bits per heavy atom. The van der Waals surface area contributed by atoms with E-state index in [0.717, 1.165) is 17.2 Å². The molecule has 4 rings (SSSR count). The molecule has 0 bridgehead atoms. The summed E-state index contributed by atoms with van der Waals surface area (Å²) in [4.78, 5) is 12.9. The molecule has 0 aliphatic carbocycles. The first kappa shape index (κ1) is 13.8. The molecule has 0 spiro atoms. The van der Waals surface area contributed by atoms with Crippen molar-refractivity contribution in [1.29, 1.82) is 0 Å². The normalized spacial score (nSPS) is 13.6. The predicted octanol–water partition coefficient (Wildman–Crippen LogP) is 4.23. The number of rotatable bonds is 2. The Hall–Kier alpha value is -2.81. The molecule has 0 N–H and O–H groups in total. The number of carbonyl (C=O) groups is 1. The third kappa shape index (κ3) is 2.55. The summed E-state index contributed by atoms with van der Waals surface area (Å²) in [5.41, 5.74) is 1.32. The highest BCUT2D eigenvalue weighted by molar-refractivity contribution is 6.16. The SMILES string of the molecule is O=C(c1ccc2c(c1)OCCCO2)c1cccc2ccccc12. The fraction of sp³-hybridized carbons (Fsp3) is 0.150. The zero-order valence-corrected chi connectivity index (χ0v) is 12.6. The third-order valence-corrected chi connectivity index (χ3v) is 4.04. The topological polar surface area (TPSA) is 35.5 Å². The van der Waals surface area contributed by atoms with Gasteiger partial charge in [-0.15, -0.1) is 0 Å². The van der Waals surface area contributed by atoms with Gasteiger partial charge in [-0.2, -0.15) is 0 Å². The van der Waals surface area contributed by atoms with Crippen LogP contribution in [0.1, 0.15) is 22.3 Å². The molecule has 1 aliphatic rings. The van der Waals surface area contributed by atoms with E-state index in [2.05, 4.69) is 0 Å². The highest BCUT2D eigenvalue weighted by atomic mass is 16.5. The number of benzene rings is 3. The first-order chi connectivity index (χ1) is 11.3. The van der Waals surface area contributed by atoms with Crippen molar-refractivity contribution in [2.24, 2.45) is 0 Å². The van der Waals surface area contributed by atoms with Crippen LogP contribution in [-0.4, -0.2) is 19.0 Å². The van der Waals surface area contributed by atoms with E-state index in [9.17, 15) is 4.79 Å². The Balaban J connectivity index is 1.78. The molecule has 0 atom stereocenters. The Bertz CT molecular complexity index is 878. The van der Waals surface area contributed by atoms with Crippen LogP contribution in [0.4, 0.5) is 0 Å². The van der Waals surface area contributed by atoms with Gasteiger partial charge in [-0.05, 0) is 29.0 Å². The summed E-state index contributed by atoms with van der Waals surface area (Å²) in [6.07, 6.45) is 0.848. The molecule has 0 radical (unpaired) electrons. The number of hydrogen-bond donors (Lipinski definition) is 0. The zero-order valence-electron chi connectivity index (χ0n) is 12.6. The quantitative estimate of drug-likeness (QED) is 0.665. The van der Waals surface area contributed by atoms with Gasteiger partial charge < -0.3 is 9.47 Å². The first-order valence-corrected chi connectivity index (χ1v) is 7.75. The molecule has 23 heavy (non-hydrogen) atoms. The minimum absolute atomic E-state index is 0.00236. The maximum atomic E-state index is 12.9. The van der Waals surface area contributed by atoms with Crippen molar-refractivity contribution >= 4 is 16.6 Å². The Morgan fingerprint density at radius 1 is 0.826 bits per heavy atom. The van der Waals surface area contributed by atoms with Crippen molar-refractivity contribution in [2.75, 3.05) is 13.2 Å². The maximum Gasteiger partial charge on any atom is 0.193 e. The van der Waals surface area contributed by atoms with Crippen LogP contribution < -0.4 is 9.47 Å². The van der Waals surface area contributed by atoms with Crippen LogP contribution in [0.25, 0.3) is 10.8 Å². The van der Waals surface area contributed by atoms with Crippen molar-refractivity contribution in [2.45, 2.75) is 6.42 Å². The molecule has 3 aromatic rings. The van der Waals surface area contributed by atoms with E-state index in [0.29, 0.717) is 35.8 Å². The predicted molar refractivity (Wildman–Crippen MR) is 89.4 cm³/mol. The molecule has 0 amide bonds. The Morgan fingerprint density at radius 2 is 1.61 bits per heavy atom. The number of ketones is 1. The highest BCUT2D eigenvalue weighted by Crippen LogP contribution is 2.32. The molecule has 1 aliphatic heterocycles. The van der Waals surface area contributed by atoms with E-state index in [-0.39, 0.29) is 5.78 Å². The monoisotopic (exact) mass is 304 g/mol. The minimum atomic E-state index is -0.00236. The summed E-state index contributed by atoms with van der Waals surface area (Å²) < 4.78 is 11.3. The lowest BCUT2D eigenvalue weighted by molar-refractivity contribution is 0.104. The van der Waals surface area contributed by atoms with Crippen molar-refractivity contribution in [3.63, 3.8) is 0 Å². The maximum absolute atomic E-state index is 12.9. The van der Waals surface area contributed by atoms with Gasteiger partial charge in [0.1, 0.15) is 0 Å².